The Balaban J connectivity index is 1.44. The van der Waals surface area contributed by atoms with Crippen molar-refractivity contribution in [2.24, 2.45) is 0 Å². The van der Waals surface area contributed by atoms with Crippen LogP contribution >= 0.6 is 0 Å². The number of carbonyl (C=O) groups excluding carboxylic acids is 2. The highest BCUT2D eigenvalue weighted by atomic mass is 16.5. The Labute approximate surface area is 168 Å². The van der Waals surface area contributed by atoms with Crippen molar-refractivity contribution < 1.29 is 14.3 Å². The van der Waals surface area contributed by atoms with E-state index in [1.807, 2.05) is 54.6 Å². The molecule has 0 spiro atoms. The Morgan fingerprint density at radius 2 is 1.48 bits per heavy atom. The maximum absolute atomic E-state index is 11.9. The largest absolute Gasteiger partial charge is 0.484 e. The van der Waals surface area contributed by atoms with E-state index in [0.717, 1.165) is 16.7 Å². The summed E-state index contributed by atoms with van der Waals surface area (Å²) in [5, 5.41) is 13.7. The molecule has 2 N–H and O–H groups in total. The lowest BCUT2D eigenvalue weighted by molar-refractivity contribution is -0.122. The lowest BCUT2D eigenvalue weighted by Gasteiger charge is -2.09. The molecule has 0 saturated carbocycles. The second-order valence-electron chi connectivity index (χ2n) is 6.22. The summed E-state index contributed by atoms with van der Waals surface area (Å²) in [6.07, 6.45) is 0. The predicted molar refractivity (Wildman–Crippen MR) is 109 cm³/mol. The monoisotopic (exact) mass is 385 g/mol. The van der Waals surface area contributed by atoms with Crippen LogP contribution in [0.25, 0.3) is 11.1 Å². The van der Waals surface area contributed by atoms with E-state index in [9.17, 15) is 9.59 Å². The molecule has 3 aromatic carbocycles. The topological polar surface area (TPSA) is 91.2 Å². The third-order valence-electron chi connectivity index (χ3n) is 4.12. The maximum Gasteiger partial charge on any atom is 0.321 e. The van der Waals surface area contributed by atoms with Gasteiger partial charge in [0.15, 0.2) is 6.61 Å². The molecule has 0 aliphatic carbocycles. The number of carbonyl (C=O) groups is 2. The second kappa shape index (κ2) is 9.72. The van der Waals surface area contributed by atoms with E-state index < -0.39 is 11.9 Å². The first-order chi connectivity index (χ1) is 14.1. The van der Waals surface area contributed by atoms with Crippen LogP contribution in [0.15, 0.2) is 78.9 Å². The van der Waals surface area contributed by atoms with Crippen molar-refractivity contribution >= 4 is 11.9 Å². The van der Waals surface area contributed by atoms with Gasteiger partial charge in [0.05, 0.1) is 11.6 Å². The van der Waals surface area contributed by atoms with Crippen molar-refractivity contribution in [2.45, 2.75) is 6.54 Å². The van der Waals surface area contributed by atoms with Crippen LogP contribution in [-0.2, 0) is 11.3 Å². The van der Waals surface area contributed by atoms with Crippen LogP contribution in [0.2, 0.25) is 0 Å². The summed E-state index contributed by atoms with van der Waals surface area (Å²) in [6.45, 7) is 0.0621. The van der Waals surface area contributed by atoms with Gasteiger partial charge in [-0.1, -0.05) is 54.6 Å². The lowest BCUT2D eigenvalue weighted by atomic mass is 10.0. The van der Waals surface area contributed by atoms with E-state index in [0.29, 0.717) is 17.9 Å². The molecule has 6 nitrogen and oxygen atoms in total. The summed E-state index contributed by atoms with van der Waals surface area (Å²) in [7, 11) is 0. The molecule has 0 aromatic heterocycles. The molecule has 29 heavy (non-hydrogen) atoms. The van der Waals surface area contributed by atoms with Crippen LogP contribution in [0.5, 0.6) is 5.75 Å². The van der Waals surface area contributed by atoms with E-state index in [4.69, 9.17) is 10.00 Å². The van der Waals surface area contributed by atoms with Gasteiger partial charge in [0.25, 0.3) is 5.91 Å². The predicted octanol–water partition coefficient (Wildman–Crippen LogP) is 3.63. The average molecular weight is 385 g/mol. The number of benzene rings is 3. The summed E-state index contributed by atoms with van der Waals surface area (Å²) in [6, 6.07) is 25.4. The molecule has 0 radical (unpaired) electrons. The second-order valence-corrected chi connectivity index (χ2v) is 6.22. The summed E-state index contributed by atoms with van der Waals surface area (Å²) in [5.74, 6) is -0.0195. The van der Waals surface area contributed by atoms with Gasteiger partial charge in [-0.15, -0.1) is 0 Å². The van der Waals surface area contributed by atoms with E-state index in [-0.39, 0.29) is 6.61 Å². The molecule has 0 unspecified atom stereocenters. The van der Waals surface area contributed by atoms with Crippen LogP contribution in [0.3, 0.4) is 0 Å². The highest BCUT2D eigenvalue weighted by Crippen LogP contribution is 2.22. The van der Waals surface area contributed by atoms with Crippen LogP contribution in [0, 0.1) is 11.3 Å². The van der Waals surface area contributed by atoms with E-state index in [2.05, 4.69) is 16.7 Å². The van der Waals surface area contributed by atoms with Crippen molar-refractivity contribution in [1.82, 2.24) is 10.6 Å². The van der Waals surface area contributed by atoms with Gasteiger partial charge in [-0.25, -0.2) is 4.79 Å². The maximum atomic E-state index is 11.9. The number of nitrogens with one attached hydrogen (secondary N) is 2. The highest BCUT2D eigenvalue weighted by Gasteiger charge is 2.08. The van der Waals surface area contributed by atoms with Gasteiger partial charge in [-0.05, 0) is 41.0 Å². The van der Waals surface area contributed by atoms with Crippen molar-refractivity contribution in [2.75, 3.05) is 6.61 Å². The van der Waals surface area contributed by atoms with Crippen LogP contribution in [0.1, 0.15) is 11.1 Å². The van der Waals surface area contributed by atoms with Crippen LogP contribution in [-0.4, -0.2) is 18.5 Å². The Morgan fingerprint density at radius 1 is 0.862 bits per heavy atom. The van der Waals surface area contributed by atoms with Gasteiger partial charge in [0, 0.05) is 6.54 Å². The number of ether oxygens (including phenoxy) is 1. The molecule has 0 aliphatic heterocycles. The summed E-state index contributed by atoms with van der Waals surface area (Å²) in [5.41, 5.74) is 3.48. The van der Waals surface area contributed by atoms with E-state index in [1.165, 1.54) is 0 Å². The fraction of sp³-hybridized carbons (Fsp3) is 0.0870. The number of nitrogens with zero attached hydrogens (tertiary/aromatic N) is 1. The summed E-state index contributed by atoms with van der Waals surface area (Å²) in [4.78, 5) is 23.6. The fourth-order valence-corrected chi connectivity index (χ4v) is 2.61. The van der Waals surface area contributed by atoms with Gasteiger partial charge in [-0.2, -0.15) is 5.26 Å². The molecular formula is C23H19N3O3. The van der Waals surface area contributed by atoms with Gasteiger partial charge in [-0.3, -0.25) is 10.1 Å². The smallest absolute Gasteiger partial charge is 0.321 e. The zero-order chi connectivity index (χ0) is 20.5. The van der Waals surface area contributed by atoms with Crippen LogP contribution in [0.4, 0.5) is 4.79 Å². The fourth-order valence-electron chi connectivity index (χ4n) is 2.61. The normalized spacial score (nSPS) is 9.90. The number of urea groups is 1. The minimum absolute atomic E-state index is 0.269. The zero-order valence-corrected chi connectivity index (χ0v) is 15.6. The number of hydrogen-bond acceptors (Lipinski definition) is 4. The van der Waals surface area contributed by atoms with Gasteiger partial charge >= 0.3 is 6.03 Å². The minimum Gasteiger partial charge on any atom is -0.484 e. The summed E-state index contributed by atoms with van der Waals surface area (Å²) >= 11 is 0. The molecule has 144 valence electrons. The van der Waals surface area contributed by atoms with Gasteiger partial charge < -0.3 is 10.1 Å². The quantitative estimate of drug-likeness (QED) is 0.678. The molecule has 3 aromatic rings. The zero-order valence-electron chi connectivity index (χ0n) is 15.6. The lowest BCUT2D eigenvalue weighted by Crippen LogP contribution is -2.41. The third-order valence-corrected chi connectivity index (χ3v) is 4.12. The summed E-state index contributed by atoms with van der Waals surface area (Å²) < 4.78 is 5.42. The first-order valence-electron chi connectivity index (χ1n) is 8.99. The molecule has 3 amide bonds. The first-order valence-corrected chi connectivity index (χ1v) is 8.99. The van der Waals surface area contributed by atoms with Gasteiger partial charge in [0.2, 0.25) is 0 Å². The number of hydrogen-bond donors (Lipinski definition) is 2. The van der Waals surface area contributed by atoms with Crippen LogP contribution < -0.4 is 15.4 Å². The third kappa shape index (κ3) is 5.94. The highest BCUT2D eigenvalue weighted by molar-refractivity contribution is 5.95. The number of nitriles is 1. The van der Waals surface area contributed by atoms with Crippen molar-refractivity contribution in [3.05, 3.63) is 90.0 Å². The van der Waals surface area contributed by atoms with Crippen molar-refractivity contribution in [3.8, 4) is 22.9 Å². The Kier molecular flexibility index (Phi) is 6.58. The Hall–Kier alpha value is -4.11. The Morgan fingerprint density at radius 3 is 2.10 bits per heavy atom. The van der Waals surface area contributed by atoms with Crippen molar-refractivity contribution in [3.63, 3.8) is 0 Å². The molecule has 3 rings (SSSR count). The number of amides is 3. The molecule has 0 saturated heterocycles. The first kappa shape index (κ1) is 19.6. The molecule has 6 heteroatoms. The molecule has 0 atom stereocenters. The number of imide groups is 1. The molecule has 0 bridgehead atoms. The Bertz CT molecular complexity index is 1010. The standard InChI is InChI=1S/C23H19N3O3/c24-14-17-6-8-19(9-7-17)20-10-12-21(13-11-20)29-16-22(27)26-23(28)25-15-18-4-2-1-3-5-18/h1-13H,15-16H2,(H2,25,26,27,28). The van der Waals surface area contributed by atoms with Gasteiger partial charge in [0.1, 0.15) is 5.75 Å². The van der Waals surface area contributed by atoms with E-state index >= 15 is 0 Å². The van der Waals surface area contributed by atoms with Crippen molar-refractivity contribution in [1.29, 1.82) is 5.26 Å². The minimum atomic E-state index is -0.571. The molecular weight excluding hydrogens is 366 g/mol. The molecule has 0 heterocycles. The SMILES string of the molecule is N#Cc1ccc(-c2ccc(OCC(=O)NC(=O)NCc3ccccc3)cc2)cc1. The molecule has 0 aliphatic rings. The average Bonchev–Trinajstić information content (AvgIpc) is 2.77. The van der Waals surface area contributed by atoms with E-state index in [1.54, 1.807) is 24.3 Å². The molecule has 0 fully saturated rings. The number of rotatable bonds is 6.